The largest absolute Gasteiger partial charge is 0.456 e. The van der Waals surface area contributed by atoms with Crippen LogP contribution in [0, 0.1) is 5.92 Å². The van der Waals surface area contributed by atoms with Crippen molar-refractivity contribution in [2.75, 3.05) is 23.8 Å². The average Bonchev–Trinajstić information content (AvgIpc) is 3.44. The van der Waals surface area contributed by atoms with Gasteiger partial charge >= 0.3 is 5.97 Å². The zero-order valence-electron chi connectivity index (χ0n) is 14.2. The molecule has 134 valence electrons. The van der Waals surface area contributed by atoms with Crippen molar-refractivity contribution >= 4 is 35.2 Å². The fourth-order valence-electron chi connectivity index (χ4n) is 2.83. The zero-order valence-corrected chi connectivity index (χ0v) is 15.0. The quantitative estimate of drug-likeness (QED) is 0.751. The summed E-state index contributed by atoms with van der Waals surface area (Å²) in [6, 6.07) is 7.76. The summed E-state index contributed by atoms with van der Waals surface area (Å²) in [7, 11) is 0. The fourth-order valence-corrected chi connectivity index (χ4v) is 3.77. The van der Waals surface area contributed by atoms with Gasteiger partial charge in [0.2, 0.25) is 5.91 Å². The number of rotatable bonds is 7. The van der Waals surface area contributed by atoms with Crippen molar-refractivity contribution in [1.29, 1.82) is 0 Å². The number of hydrogen-bond acceptors (Lipinski definition) is 5. The summed E-state index contributed by atoms with van der Waals surface area (Å²) < 4.78 is 5.02. The molecule has 2 amide bonds. The summed E-state index contributed by atoms with van der Waals surface area (Å²) in [5.74, 6) is 0.157. The summed E-state index contributed by atoms with van der Waals surface area (Å²) in [5, 5.41) is 2.84. The third kappa shape index (κ3) is 4.75. The molecule has 1 heterocycles. The van der Waals surface area contributed by atoms with Gasteiger partial charge < -0.3 is 15.0 Å². The maximum absolute atomic E-state index is 12.1. The van der Waals surface area contributed by atoms with Gasteiger partial charge in [-0.3, -0.25) is 14.4 Å². The molecule has 1 aliphatic heterocycles. The van der Waals surface area contributed by atoms with Gasteiger partial charge in [0.15, 0.2) is 6.61 Å². The van der Waals surface area contributed by atoms with Crippen LogP contribution < -0.4 is 10.2 Å². The van der Waals surface area contributed by atoms with E-state index < -0.39 is 5.97 Å². The summed E-state index contributed by atoms with van der Waals surface area (Å²) in [4.78, 5) is 38.4. The molecule has 1 aliphatic carbocycles. The number of amides is 2. The molecule has 1 N–H and O–H groups in total. The standard InChI is InChI=1S/C18H22N2O4S/c1-12(13-6-7-13)19-16(21)10-24-18(23)8-9-20-14-4-2-3-5-15(14)25-11-17(20)22/h2-5,12-13H,6-11H2,1H3,(H,19,21)/t12-/m0/s1. The van der Waals surface area contributed by atoms with E-state index in [1.54, 1.807) is 4.90 Å². The predicted octanol–water partition coefficient (Wildman–Crippen LogP) is 1.97. The Balaban J connectivity index is 1.44. The topological polar surface area (TPSA) is 75.7 Å². The smallest absolute Gasteiger partial charge is 0.308 e. The number of ether oxygens (including phenoxy) is 1. The SMILES string of the molecule is C[C@H](NC(=O)COC(=O)CCN1C(=O)CSc2ccccc21)C1CC1. The monoisotopic (exact) mass is 362 g/mol. The van der Waals surface area contributed by atoms with Crippen molar-refractivity contribution in [3.63, 3.8) is 0 Å². The maximum atomic E-state index is 12.1. The fraction of sp³-hybridized carbons (Fsp3) is 0.500. The molecular weight excluding hydrogens is 340 g/mol. The number of thioether (sulfide) groups is 1. The van der Waals surface area contributed by atoms with Crippen LogP contribution >= 0.6 is 11.8 Å². The minimum Gasteiger partial charge on any atom is -0.456 e. The Labute approximate surface area is 151 Å². The van der Waals surface area contributed by atoms with E-state index in [0.717, 1.165) is 23.4 Å². The number of nitrogens with one attached hydrogen (secondary N) is 1. The molecule has 25 heavy (non-hydrogen) atoms. The highest BCUT2D eigenvalue weighted by atomic mass is 32.2. The van der Waals surface area contributed by atoms with E-state index in [1.807, 2.05) is 31.2 Å². The van der Waals surface area contributed by atoms with Crippen LogP contribution in [0.5, 0.6) is 0 Å². The second kappa shape index (κ2) is 7.91. The first-order valence-electron chi connectivity index (χ1n) is 8.52. The number of hydrogen-bond donors (Lipinski definition) is 1. The summed E-state index contributed by atoms with van der Waals surface area (Å²) in [5.41, 5.74) is 0.826. The number of carbonyl (C=O) groups excluding carboxylic acids is 3. The van der Waals surface area contributed by atoms with E-state index in [-0.39, 0.29) is 37.4 Å². The molecule has 0 saturated heterocycles. The number of para-hydroxylation sites is 1. The van der Waals surface area contributed by atoms with E-state index >= 15 is 0 Å². The third-order valence-electron chi connectivity index (χ3n) is 4.43. The minimum atomic E-state index is -0.474. The number of nitrogens with zero attached hydrogens (tertiary/aromatic N) is 1. The lowest BCUT2D eigenvalue weighted by Gasteiger charge is -2.28. The average molecular weight is 362 g/mol. The van der Waals surface area contributed by atoms with E-state index in [4.69, 9.17) is 4.74 Å². The number of fused-ring (bicyclic) bond motifs is 1. The molecule has 0 spiro atoms. The predicted molar refractivity (Wildman–Crippen MR) is 95.4 cm³/mol. The van der Waals surface area contributed by atoms with Crippen LogP contribution in [0.1, 0.15) is 26.2 Å². The first-order valence-corrected chi connectivity index (χ1v) is 9.50. The van der Waals surface area contributed by atoms with Crippen LogP contribution in [0.25, 0.3) is 0 Å². The molecule has 0 aromatic heterocycles. The molecule has 3 rings (SSSR count). The molecule has 0 bridgehead atoms. The zero-order chi connectivity index (χ0) is 17.8. The molecule has 1 saturated carbocycles. The van der Waals surface area contributed by atoms with Crippen molar-refractivity contribution < 1.29 is 19.1 Å². The molecule has 1 aromatic carbocycles. The lowest BCUT2D eigenvalue weighted by molar-refractivity contribution is -0.148. The molecule has 0 unspecified atom stereocenters. The first kappa shape index (κ1) is 17.8. The number of esters is 1. The van der Waals surface area contributed by atoms with Crippen molar-refractivity contribution in [2.45, 2.75) is 37.1 Å². The normalized spacial score (nSPS) is 17.6. The van der Waals surface area contributed by atoms with Crippen molar-refractivity contribution in [1.82, 2.24) is 5.32 Å². The number of anilines is 1. The maximum Gasteiger partial charge on any atom is 0.308 e. The second-order valence-electron chi connectivity index (χ2n) is 6.41. The van der Waals surface area contributed by atoms with Crippen molar-refractivity contribution in [3.8, 4) is 0 Å². The molecule has 1 fully saturated rings. The highest BCUT2D eigenvalue weighted by Gasteiger charge is 2.29. The van der Waals surface area contributed by atoms with Gasteiger partial charge in [-0.15, -0.1) is 11.8 Å². The van der Waals surface area contributed by atoms with Gasteiger partial charge in [-0.2, -0.15) is 0 Å². The molecule has 2 aliphatic rings. The molecule has 7 heteroatoms. The van der Waals surface area contributed by atoms with Crippen LogP contribution in [0.2, 0.25) is 0 Å². The van der Waals surface area contributed by atoms with Crippen LogP contribution in [-0.4, -0.2) is 42.7 Å². The minimum absolute atomic E-state index is 0.0208. The van der Waals surface area contributed by atoms with E-state index in [9.17, 15) is 14.4 Å². The Kier molecular flexibility index (Phi) is 5.63. The lowest BCUT2D eigenvalue weighted by Crippen LogP contribution is -2.38. The van der Waals surface area contributed by atoms with Crippen molar-refractivity contribution in [2.24, 2.45) is 5.92 Å². The third-order valence-corrected chi connectivity index (χ3v) is 5.48. The summed E-state index contributed by atoms with van der Waals surface area (Å²) in [6.07, 6.45) is 2.35. The van der Waals surface area contributed by atoms with Crippen LogP contribution in [0.4, 0.5) is 5.69 Å². The summed E-state index contributed by atoms with van der Waals surface area (Å²) >= 11 is 1.50. The molecular formula is C18H22N2O4S. The number of benzene rings is 1. The number of carbonyl (C=O) groups is 3. The van der Waals surface area contributed by atoms with Crippen LogP contribution in [-0.2, 0) is 19.1 Å². The highest BCUT2D eigenvalue weighted by Crippen LogP contribution is 2.35. The van der Waals surface area contributed by atoms with Gasteiger partial charge in [-0.05, 0) is 37.8 Å². The van der Waals surface area contributed by atoms with Gasteiger partial charge in [0.1, 0.15) is 0 Å². The van der Waals surface area contributed by atoms with Crippen LogP contribution in [0.3, 0.4) is 0 Å². The van der Waals surface area contributed by atoms with Gasteiger partial charge in [0.25, 0.3) is 5.91 Å². The van der Waals surface area contributed by atoms with E-state index in [1.165, 1.54) is 11.8 Å². The second-order valence-corrected chi connectivity index (χ2v) is 7.42. The Morgan fingerprint density at radius 3 is 2.88 bits per heavy atom. The lowest BCUT2D eigenvalue weighted by atomic mass is 10.2. The van der Waals surface area contributed by atoms with Gasteiger partial charge in [0.05, 0.1) is 17.9 Å². The molecule has 1 aromatic rings. The first-order chi connectivity index (χ1) is 12.0. The Morgan fingerprint density at radius 2 is 2.12 bits per heavy atom. The summed E-state index contributed by atoms with van der Waals surface area (Å²) in [6.45, 7) is 1.96. The Bertz CT molecular complexity index is 675. The molecule has 1 atom stereocenters. The Morgan fingerprint density at radius 1 is 1.36 bits per heavy atom. The van der Waals surface area contributed by atoms with Gasteiger partial charge in [-0.25, -0.2) is 0 Å². The molecule has 6 nitrogen and oxygen atoms in total. The van der Waals surface area contributed by atoms with Crippen LogP contribution in [0.15, 0.2) is 29.2 Å². The van der Waals surface area contributed by atoms with E-state index in [0.29, 0.717) is 11.7 Å². The highest BCUT2D eigenvalue weighted by molar-refractivity contribution is 8.00. The van der Waals surface area contributed by atoms with Crippen molar-refractivity contribution in [3.05, 3.63) is 24.3 Å². The Hall–Kier alpha value is -2.02. The van der Waals surface area contributed by atoms with Gasteiger partial charge in [0, 0.05) is 17.5 Å². The van der Waals surface area contributed by atoms with Gasteiger partial charge in [-0.1, -0.05) is 12.1 Å². The molecule has 0 radical (unpaired) electrons. The van der Waals surface area contributed by atoms with E-state index in [2.05, 4.69) is 5.32 Å².